The minimum absolute atomic E-state index is 0.0306. The highest BCUT2D eigenvalue weighted by Crippen LogP contribution is 2.33. The highest BCUT2D eigenvalue weighted by molar-refractivity contribution is 6.33. The molecule has 0 radical (unpaired) electrons. The maximum Gasteiger partial charge on any atom is 0.416 e. The number of hydrogen-bond acceptors (Lipinski definition) is 1. The predicted molar refractivity (Wildman–Crippen MR) is 80.0 cm³/mol. The second kappa shape index (κ2) is 6.16. The molecule has 0 aromatic heterocycles. The molecular formula is C15H12Cl2F3N. The summed E-state index contributed by atoms with van der Waals surface area (Å²) in [5.74, 6) is 0. The molecule has 2 rings (SSSR count). The van der Waals surface area contributed by atoms with Crippen molar-refractivity contribution in [3.05, 3.63) is 63.1 Å². The lowest BCUT2D eigenvalue weighted by Crippen LogP contribution is -2.06. The zero-order valence-electron chi connectivity index (χ0n) is 11.1. The monoisotopic (exact) mass is 333 g/mol. The Bertz CT molecular complexity index is 654. The fourth-order valence-electron chi connectivity index (χ4n) is 1.78. The minimum Gasteiger partial charge on any atom is -0.380 e. The van der Waals surface area contributed by atoms with Gasteiger partial charge in [0, 0.05) is 11.6 Å². The van der Waals surface area contributed by atoms with Crippen LogP contribution in [-0.2, 0) is 12.7 Å². The number of hydrogen-bond donors (Lipinski definition) is 1. The SMILES string of the molecule is Cc1ccc(CNc2ccc(C(F)(F)F)cc2Cl)cc1Cl. The standard InChI is InChI=1S/C15H12Cl2F3N/c1-9-2-3-10(6-12(9)16)8-21-14-5-4-11(7-13(14)17)15(18,19)20/h2-7,21H,8H2,1H3. The Balaban J connectivity index is 2.11. The molecule has 6 heteroatoms. The van der Waals surface area contributed by atoms with Crippen LogP contribution in [0.15, 0.2) is 36.4 Å². The van der Waals surface area contributed by atoms with Crippen LogP contribution in [0.1, 0.15) is 16.7 Å². The van der Waals surface area contributed by atoms with Crippen molar-refractivity contribution in [2.24, 2.45) is 0 Å². The summed E-state index contributed by atoms with van der Waals surface area (Å²) in [7, 11) is 0. The first-order valence-electron chi connectivity index (χ1n) is 6.13. The Hall–Kier alpha value is -1.39. The van der Waals surface area contributed by atoms with Gasteiger partial charge in [0.25, 0.3) is 0 Å². The number of benzene rings is 2. The van der Waals surface area contributed by atoms with Gasteiger partial charge in [-0.15, -0.1) is 0 Å². The van der Waals surface area contributed by atoms with E-state index in [-0.39, 0.29) is 5.02 Å². The molecule has 0 aliphatic rings. The van der Waals surface area contributed by atoms with E-state index in [9.17, 15) is 13.2 Å². The van der Waals surface area contributed by atoms with E-state index in [1.54, 1.807) is 0 Å². The lowest BCUT2D eigenvalue weighted by molar-refractivity contribution is -0.137. The third-order valence-electron chi connectivity index (χ3n) is 3.02. The number of nitrogens with one attached hydrogen (secondary N) is 1. The summed E-state index contributed by atoms with van der Waals surface area (Å²) in [5, 5.41) is 3.67. The van der Waals surface area contributed by atoms with E-state index in [4.69, 9.17) is 23.2 Å². The lowest BCUT2D eigenvalue weighted by atomic mass is 10.1. The quantitative estimate of drug-likeness (QED) is 0.733. The molecule has 2 aromatic carbocycles. The van der Waals surface area contributed by atoms with Gasteiger partial charge in [-0.1, -0.05) is 35.3 Å². The molecule has 112 valence electrons. The van der Waals surface area contributed by atoms with Crippen LogP contribution in [0.2, 0.25) is 10.0 Å². The van der Waals surface area contributed by atoms with Crippen LogP contribution in [-0.4, -0.2) is 0 Å². The molecule has 0 aliphatic heterocycles. The Morgan fingerprint density at radius 1 is 1.00 bits per heavy atom. The van der Waals surface area contributed by atoms with E-state index in [0.717, 1.165) is 23.3 Å². The summed E-state index contributed by atoms with van der Waals surface area (Å²) in [6.07, 6.45) is -4.40. The summed E-state index contributed by atoms with van der Waals surface area (Å²) in [4.78, 5) is 0. The highest BCUT2D eigenvalue weighted by Gasteiger charge is 2.30. The van der Waals surface area contributed by atoms with Crippen LogP contribution < -0.4 is 5.32 Å². The van der Waals surface area contributed by atoms with Gasteiger partial charge in [-0.2, -0.15) is 13.2 Å². The fourth-order valence-corrected chi connectivity index (χ4v) is 2.23. The molecule has 0 atom stereocenters. The van der Waals surface area contributed by atoms with E-state index in [1.165, 1.54) is 6.07 Å². The first kappa shape index (κ1) is 16.0. The summed E-state index contributed by atoms with van der Waals surface area (Å²) >= 11 is 11.9. The first-order chi connectivity index (χ1) is 9.77. The highest BCUT2D eigenvalue weighted by atomic mass is 35.5. The third-order valence-corrected chi connectivity index (χ3v) is 3.74. The number of halogens is 5. The van der Waals surface area contributed by atoms with Crippen LogP contribution in [0.5, 0.6) is 0 Å². The molecule has 0 heterocycles. The maximum atomic E-state index is 12.5. The molecule has 2 aromatic rings. The van der Waals surface area contributed by atoms with Crippen LogP contribution in [0, 0.1) is 6.92 Å². The Morgan fingerprint density at radius 3 is 2.29 bits per heavy atom. The van der Waals surface area contributed by atoms with Gasteiger partial charge in [-0.3, -0.25) is 0 Å². The molecule has 1 nitrogen and oxygen atoms in total. The molecule has 0 aliphatic carbocycles. The predicted octanol–water partition coefficient (Wildman–Crippen LogP) is 5.93. The first-order valence-corrected chi connectivity index (χ1v) is 6.88. The van der Waals surface area contributed by atoms with E-state index in [1.807, 2.05) is 25.1 Å². The molecule has 0 bridgehead atoms. The van der Waals surface area contributed by atoms with Crippen molar-refractivity contribution in [1.29, 1.82) is 0 Å². The zero-order chi connectivity index (χ0) is 15.6. The normalized spacial score (nSPS) is 11.5. The van der Waals surface area contributed by atoms with Crippen LogP contribution in [0.25, 0.3) is 0 Å². The molecule has 0 spiro atoms. The van der Waals surface area contributed by atoms with Gasteiger partial charge in [-0.25, -0.2) is 0 Å². The summed E-state index contributed by atoms with van der Waals surface area (Å²) < 4.78 is 37.6. The van der Waals surface area contributed by atoms with Gasteiger partial charge in [-0.05, 0) is 42.3 Å². The van der Waals surface area contributed by atoms with Crippen molar-refractivity contribution >= 4 is 28.9 Å². The third kappa shape index (κ3) is 4.05. The van der Waals surface area contributed by atoms with E-state index >= 15 is 0 Å². The number of anilines is 1. The Morgan fingerprint density at radius 2 is 1.71 bits per heavy atom. The van der Waals surface area contributed by atoms with E-state index in [0.29, 0.717) is 17.3 Å². The van der Waals surface area contributed by atoms with Gasteiger partial charge >= 0.3 is 6.18 Å². The molecule has 0 saturated heterocycles. The van der Waals surface area contributed by atoms with Gasteiger partial charge in [0.2, 0.25) is 0 Å². The summed E-state index contributed by atoms with van der Waals surface area (Å²) in [6, 6.07) is 8.81. The summed E-state index contributed by atoms with van der Waals surface area (Å²) in [5.41, 5.74) is 1.56. The minimum atomic E-state index is -4.40. The van der Waals surface area contributed by atoms with Crippen LogP contribution >= 0.6 is 23.2 Å². The van der Waals surface area contributed by atoms with E-state index < -0.39 is 11.7 Å². The van der Waals surface area contributed by atoms with Crippen molar-refractivity contribution in [2.45, 2.75) is 19.6 Å². The van der Waals surface area contributed by atoms with Crippen LogP contribution in [0.3, 0.4) is 0 Å². The second-order valence-corrected chi connectivity index (χ2v) is 5.44. The van der Waals surface area contributed by atoms with Gasteiger partial charge in [0.05, 0.1) is 16.3 Å². The van der Waals surface area contributed by atoms with Gasteiger partial charge in [0.15, 0.2) is 0 Å². The van der Waals surface area contributed by atoms with Crippen molar-refractivity contribution in [2.75, 3.05) is 5.32 Å². The molecule has 0 fully saturated rings. The summed E-state index contributed by atoms with van der Waals surface area (Å²) in [6.45, 7) is 2.32. The van der Waals surface area contributed by atoms with Crippen molar-refractivity contribution in [1.82, 2.24) is 0 Å². The van der Waals surface area contributed by atoms with Gasteiger partial charge in [0.1, 0.15) is 0 Å². The molecule has 21 heavy (non-hydrogen) atoms. The Kier molecular flexibility index (Phi) is 4.69. The largest absolute Gasteiger partial charge is 0.416 e. The molecule has 0 unspecified atom stereocenters. The van der Waals surface area contributed by atoms with Crippen LogP contribution in [0.4, 0.5) is 18.9 Å². The molecule has 0 saturated carbocycles. The Labute approximate surface area is 130 Å². The average molecular weight is 334 g/mol. The second-order valence-electron chi connectivity index (χ2n) is 4.63. The average Bonchev–Trinajstić information content (AvgIpc) is 2.40. The van der Waals surface area contributed by atoms with E-state index in [2.05, 4.69) is 5.32 Å². The smallest absolute Gasteiger partial charge is 0.380 e. The number of rotatable bonds is 3. The number of aryl methyl sites for hydroxylation is 1. The molecular weight excluding hydrogens is 322 g/mol. The fraction of sp³-hybridized carbons (Fsp3) is 0.200. The maximum absolute atomic E-state index is 12.5. The molecule has 1 N–H and O–H groups in total. The van der Waals surface area contributed by atoms with Crippen molar-refractivity contribution < 1.29 is 13.2 Å². The number of alkyl halides is 3. The lowest BCUT2D eigenvalue weighted by Gasteiger charge is -2.12. The zero-order valence-corrected chi connectivity index (χ0v) is 12.6. The van der Waals surface area contributed by atoms with Crippen molar-refractivity contribution in [3.8, 4) is 0 Å². The molecule has 0 amide bonds. The topological polar surface area (TPSA) is 12.0 Å². The van der Waals surface area contributed by atoms with Crippen molar-refractivity contribution in [3.63, 3.8) is 0 Å². The van der Waals surface area contributed by atoms with Gasteiger partial charge < -0.3 is 5.32 Å².